The average Bonchev–Trinajstić information content (AvgIpc) is 3.25. The zero-order chi connectivity index (χ0) is 24.5. The molecule has 0 spiro atoms. The Morgan fingerprint density at radius 2 is 1.71 bits per heavy atom. The summed E-state index contributed by atoms with van der Waals surface area (Å²) < 4.78 is 59.2. The number of anilines is 1. The van der Waals surface area contributed by atoms with Gasteiger partial charge in [0.15, 0.2) is 0 Å². The lowest BCUT2D eigenvalue weighted by Gasteiger charge is -2.23. The summed E-state index contributed by atoms with van der Waals surface area (Å²) in [6, 6.07) is 19.2. The highest BCUT2D eigenvalue weighted by atomic mass is 35.5. The third-order valence-corrected chi connectivity index (χ3v) is 7.73. The summed E-state index contributed by atoms with van der Waals surface area (Å²) in [7, 11) is -5.95. The second-order valence-corrected chi connectivity index (χ2v) is 11.7. The standard InChI is InChI=1S/C23H22ClN3O5S2/c1-32-20-11-9-16(10-12-20)23-15-22(17-5-3-7-19(13-17)26-33(2,28)29)25-27(23)34(30,31)21-8-4-6-18(24)14-21/h3-14,23,26H,15H2,1-2H3. The third kappa shape index (κ3) is 5.19. The second kappa shape index (κ2) is 9.28. The van der Waals surface area contributed by atoms with E-state index < -0.39 is 26.1 Å². The molecular formula is C23H22ClN3O5S2. The van der Waals surface area contributed by atoms with Crippen molar-refractivity contribution in [2.45, 2.75) is 17.4 Å². The van der Waals surface area contributed by atoms with Crippen LogP contribution in [0.4, 0.5) is 5.69 Å². The van der Waals surface area contributed by atoms with Gasteiger partial charge in [-0.1, -0.05) is 41.9 Å². The van der Waals surface area contributed by atoms with E-state index in [1.54, 1.807) is 67.8 Å². The van der Waals surface area contributed by atoms with Crippen LogP contribution in [-0.4, -0.2) is 40.3 Å². The zero-order valence-corrected chi connectivity index (χ0v) is 20.7. The lowest BCUT2D eigenvalue weighted by Crippen LogP contribution is -2.27. The van der Waals surface area contributed by atoms with E-state index in [-0.39, 0.29) is 11.3 Å². The van der Waals surface area contributed by atoms with Crippen LogP contribution in [0.1, 0.15) is 23.6 Å². The summed E-state index contributed by atoms with van der Waals surface area (Å²) in [5, 5.41) is 4.78. The molecule has 0 amide bonds. The van der Waals surface area contributed by atoms with E-state index in [4.69, 9.17) is 16.3 Å². The molecular weight excluding hydrogens is 498 g/mol. The summed E-state index contributed by atoms with van der Waals surface area (Å²) in [6.45, 7) is 0. The van der Waals surface area contributed by atoms with Crippen molar-refractivity contribution in [1.29, 1.82) is 0 Å². The van der Waals surface area contributed by atoms with Crippen molar-refractivity contribution in [3.05, 3.63) is 88.9 Å². The molecule has 0 bridgehead atoms. The largest absolute Gasteiger partial charge is 0.497 e. The molecule has 3 aromatic carbocycles. The first-order chi connectivity index (χ1) is 16.1. The van der Waals surface area contributed by atoms with Crippen LogP contribution in [0.2, 0.25) is 5.02 Å². The molecule has 11 heteroatoms. The van der Waals surface area contributed by atoms with Crippen LogP contribution in [0.3, 0.4) is 0 Å². The van der Waals surface area contributed by atoms with Crippen molar-refractivity contribution >= 4 is 43.0 Å². The molecule has 0 saturated carbocycles. The Morgan fingerprint density at radius 1 is 1.00 bits per heavy atom. The summed E-state index contributed by atoms with van der Waals surface area (Å²) >= 11 is 6.05. The number of sulfonamides is 2. The second-order valence-electron chi connectivity index (χ2n) is 7.73. The van der Waals surface area contributed by atoms with Crippen LogP contribution >= 0.6 is 11.6 Å². The Labute approximate surface area is 203 Å². The molecule has 1 atom stereocenters. The predicted octanol–water partition coefficient (Wildman–Crippen LogP) is 4.26. The van der Waals surface area contributed by atoms with E-state index in [0.29, 0.717) is 27.7 Å². The predicted molar refractivity (Wildman–Crippen MR) is 132 cm³/mol. The third-order valence-electron chi connectivity index (χ3n) is 5.21. The van der Waals surface area contributed by atoms with Gasteiger partial charge in [-0.2, -0.15) is 17.9 Å². The SMILES string of the molecule is COc1ccc(C2CC(c3cccc(NS(C)(=O)=O)c3)=NN2S(=O)(=O)c2cccc(Cl)c2)cc1. The van der Waals surface area contributed by atoms with Crippen molar-refractivity contribution in [3.63, 3.8) is 0 Å². The molecule has 4 rings (SSSR count). The number of hydrogen-bond donors (Lipinski definition) is 1. The highest BCUT2D eigenvalue weighted by Crippen LogP contribution is 2.38. The zero-order valence-electron chi connectivity index (χ0n) is 18.3. The molecule has 0 saturated heterocycles. The Morgan fingerprint density at radius 3 is 2.35 bits per heavy atom. The van der Waals surface area contributed by atoms with Gasteiger partial charge in [0.2, 0.25) is 10.0 Å². The molecule has 1 aliphatic heterocycles. The topological polar surface area (TPSA) is 105 Å². The highest BCUT2D eigenvalue weighted by Gasteiger charge is 2.38. The monoisotopic (exact) mass is 519 g/mol. The van der Waals surface area contributed by atoms with Crippen LogP contribution in [0.25, 0.3) is 0 Å². The van der Waals surface area contributed by atoms with Crippen molar-refractivity contribution in [1.82, 2.24) is 4.41 Å². The molecule has 0 aliphatic carbocycles. The van der Waals surface area contributed by atoms with Gasteiger partial charge in [-0.15, -0.1) is 0 Å². The first-order valence-electron chi connectivity index (χ1n) is 10.2. The Balaban J connectivity index is 1.78. The van der Waals surface area contributed by atoms with Gasteiger partial charge in [0, 0.05) is 17.1 Å². The summed E-state index contributed by atoms with van der Waals surface area (Å²) in [6.07, 6.45) is 1.35. The molecule has 0 fully saturated rings. The maximum Gasteiger partial charge on any atom is 0.279 e. The number of rotatable bonds is 7. The number of ether oxygens (including phenoxy) is 1. The minimum atomic E-state index is -4.04. The van der Waals surface area contributed by atoms with Crippen molar-refractivity contribution in [3.8, 4) is 5.75 Å². The van der Waals surface area contributed by atoms with Crippen molar-refractivity contribution < 1.29 is 21.6 Å². The lowest BCUT2D eigenvalue weighted by atomic mass is 9.99. The summed E-state index contributed by atoms with van der Waals surface area (Å²) in [5.74, 6) is 0.645. The van der Waals surface area contributed by atoms with E-state index >= 15 is 0 Å². The number of benzene rings is 3. The summed E-state index contributed by atoms with van der Waals surface area (Å²) in [4.78, 5) is 0.0241. The van der Waals surface area contributed by atoms with Gasteiger partial charge < -0.3 is 4.74 Å². The number of nitrogens with zero attached hydrogens (tertiary/aromatic N) is 2. The van der Waals surface area contributed by atoms with Gasteiger partial charge in [0.1, 0.15) is 5.75 Å². The van der Waals surface area contributed by atoms with Gasteiger partial charge in [-0.05, 0) is 53.6 Å². The van der Waals surface area contributed by atoms with E-state index in [1.807, 2.05) is 0 Å². The van der Waals surface area contributed by atoms with Gasteiger partial charge in [-0.25, -0.2) is 8.42 Å². The Kier molecular flexibility index (Phi) is 6.57. The molecule has 8 nitrogen and oxygen atoms in total. The number of methoxy groups -OCH3 is 1. The fourth-order valence-corrected chi connectivity index (χ4v) is 5.96. The van der Waals surface area contributed by atoms with E-state index in [9.17, 15) is 16.8 Å². The Bertz CT molecular complexity index is 1460. The number of hydrazone groups is 1. The number of halogens is 1. The normalized spacial score (nSPS) is 16.3. The van der Waals surface area contributed by atoms with Crippen LogP contribution in [0.15, 0.2) is 82.8 Å². The molecule has 1 heterocycles. The molecule has 1 aliphatic rings. The molecule has 0 radical (unpaired) electrons. The van der Waals surface area contributed by atoms with E-state index in [2.05, 4.69) is 9.82 Å². The van der Waals surface area contributed by atoms with Crippen LogP contribution in [0.5, 0.6) is 5.75 Å². The number of nitrogens with one attached hydrogen (secondary N) is 1. The molecule has 0 aromatic heterocycles. The maximum atomic E-state index is 13.6. The molecule has 34 heavy (non-hydrogen) atoms. The van der Waals surface area contributed by atoms with Crippen LogP contribution in [0, 0.1) is 0 Å². The quantitative estimate of drug-likeness (QED) is 0.502. The van der Waals surface area contributed by atoms with Crippen LogP contribution < -0.4 is 9.46 Å². The van der Waals surface area contributed by atoms with E-state index in [1.165, 1.54) is 12.1 Å². The number of hydrogen-bond acceptors (Lipinski definition) is 6. The van der Waals surface area contributed by atoms with Gasteiger partial charge in [0.25, 0.3) is 10.0 Å². The van der Waals surface area contributed by atoms with Crippen molar-refractivity contribution in [2.75, 3.05) is 18.1 Å². The molecule has 3 aromatic rings. The first kappa shape index (κ1) is 24.1. The smallest absolute Gasteiger partial charge is 0.279 e. The lowest BCUT2D eigenvalue weighted by molar-refractivity contribution is 0.370. The van der Waals surface area contributed by atoms with Gasteiger partial charge in [-0.3, -0.25) is 4.72 Å². The van der Waals surface area contributed by atoms with Crippen molar-refractivity contribution in [2.24, 2.45) is 5.10 Å². The fraction of sp³-hybridized carbons (Fsp3) is 0.174. The maximum absolute atomic E-state index is 13.6. The average molecular weight is 520 g/mol. The first-order valence-corrected chi connectivity index (χ1v) is 13.9. The highest BCUT2D eigenvalue weighted by molar-refractivity contribution is 7.92. The fourth-order valence-electron chi connectivity index (χ4n) is 3.67. The minimum absolute atomic E-state index is 0.0241. The molecule has 1 N–H and O–H groups in total. The summed E-state index contributed by atoms with van der Waals surface area (Å²) in [5.41, 5.74) is 2.20. The molecule has 178 valence electrons. The minimum Gasteiger partial charge on any atom is -0.497 e. The Hall–Kier alpha value is -3.08. The van der Waals surface area contributed by atoms with E-state index in [0.717, 1.165) is 16.2 Å². The van der Waals surface area contributed by atoms with Gasteiger partial charge >= 0.3 is 0 Å². The van der Waals surface area contributed by atoms with Crippen LogP contribution in [-0.2, 0) is 20.0 Å². The molecule has 1 unspecified atom stereocenters. The van der Waals surface area contributed by atoms with Gasteiger partial charge in [0.05, 0.1) is 30.0 Å².